The van der Waals surface area contributed by atoms with Gasteiger partial charge in [-0.1, -0.05) is 0 Å². The maximum Gasteiger partial charge on any atom is 0.303 e. The highest BCUT2D eigenvalue weighted by Crippen LogP contribution is 2.37. The van der Waals surface area contributed by atoms with Crippen LogP contribution in [0, 0.1) is 0 Å². The van der Waals surface area contributed by atoms with Gasteiger partial charge in [0.2, 0.25) is 5.91 Å². The summed E-state index contributed by atoms with van der Waals surface area (Å²) in [6, 6.07) is -1.67. The number of ether oxygens (including phenoxy) is 10. The zero-order valence-electron chi connectivity index (χ0n) is 32.6. The molecule has 59 heavy (non-hydrogen) atoms. The molecule has 0 bridgehead atoms. The number of nitrogens with one attached hydrogen (secondary N) is 1. The third-order valence-electron chi connectivity index (χ3n) is 10.9. The largest absolute Gasteiger partial charge is 0.454 e. The monoisotopic (exact) mass is 863 g/mol. The van der Waals surface area contributed by atoms with Crippen LogP contribution in [0.15, 0.2) is 0 Å². The maximum atomic E-state index is 12.7. The molecule has 5 aliphatic heterocycles. The van der Waals surface area contributed by atoms with Gasteiger partial charge in [0, 0.05) is 13.8 Å². The van der Waals surface area contributed by atoms with Crippen molar-refractivity contribution in [2.24, 2.45) is 0 Å². The minimum atomic E-state index is -2.02. The fourth-order valence-corrected chi connectivity index (χ4v) is 7.52. The van der Waals surface area contributed by atoms with Crippen LogP contribution in [0.3, 0.4) is 0 Å². The molecule has 25 heteroatoms. The Bertz CT molecular complexity index is 1380. The van der Waals surface area contributed by atoms with Gasteiger partial charge in [0.15, 0.2) is 37.6 Å². The van der Waals surface area contributed by atoms with Gasteiger partial charge in [-0.3, -0.25) is 9.59 Å². The third kappa shape index (κ3) is 10.3. The van der Waals surface area contributed by atoms with Gasteiger partial charge in [-0.15, -0.1) is 0 Å². The molecular weight excluding hydrogens is 806 g/mol. The molecule has 10 unspecified atom stereocenters. The first-order valence-electron chi connectivity index (χ1n) is 19.1. The second-order valence-corrected chi connectivity index (χ2v) is 15.2. The van der Waals surface area contributed by atoms with Crippen molar-refractivity contribution >= 4 is 11.9 Å². The molecule has 1 amide bonds. The Morgan fingerprint density at radius 2 is 0.949 bits per heavy atom. The number of carbonyl (C=O) groups is 2. The number of hydrogen-bond acceptors (Lipinski definition) is 24. The van der Waals surface area contributed by atoms with E-state index >= 15 is 0 Å². The predicted molar refractivity (Wildman–Crippen MR) is 183 cm³/mol. The molecule has 5 rings (SSSR count). The van der Waals surface area contributed by atoms with Crippen molar-refractivity contribution in [2.75, 3.05) is 13.2 Å². The average Bonchev–Trinajstić information content (AvgIpc) is 3.18. The van der Waals surface area contributed by atoms with Gasteiger partial charge in [-0.05, 0) is 20.8 Å². The molecule has 25 nitrogen and oxygen atoms in total. The summed E-state index contributed by atoms with van der Waals surface area (Å²) >= 11 is 0. The van der Waals surface area contributed by atoms with Crippen molar-refractivity contribution < 1.29 is 118 Å². The van der Waals surface area contributed by atoms with Gasteiger partial charge in [0.1, 0.15) is 97.6 Å². The van der Waals surface area contributed by atoms with Gasteiger partial charge in [0.25, 0.3) is 0 Å². The minimum absolute atomic E-state index is 0.787. The second-order valence-electron chi connectivity index (χ2n) is 15.2. The van der Waals surface area contributed by atoms with Crippen LogP contribution in [-0.2, 0) is 57.0 Å². The second kappa shape index (κ2) is 20.1. The quantitative estimate of drug-likeness (QED) is 0.0810. The lowest BCUT2D eigenvalue weighted by atomic mass is 9.94. The van der Waals surface area contributed by atoms with Crippen molar-refractivity contribution in [3.63, 3.8) is 0 Å². The number of hydrogen-bond donors (Lipinski definition) is 13. The highest BCUT2D eigenvalue weighted by Gasteiger charge is 2.57. The highest BCUT2D eigenvalue weighted by molar-refractivity contribution is 5.73. The molecule has 0 aliphatic carbocycles. The molecule has 0 aromatic carbocycles. The van der Waals surface area contributed by atoms with Crippen LogP contribution in [0.2, 0.25) is 0 Å². The Labute approximate surface area is 336 Å². The molecule has 0 radical (unpaired) electrons. The molecule has 5 saturated heterocycles. The summed E-state index contributed by atoms with van der Waals surface area (Å²) in [4.78, 5) is 24.7. The first-order valence-corrected chi connectivity index (χ1v) is 19.1. The van der Waals surface area contributed by atoms with Crippen molar-refractivity contribution in [2.45, 2.75) is 188 Å². The highest BCUT2D eigenvalue weighted by atomic mass is 16.8. The fraction of sp³-hybridized carbons (Fsp3) is 0.941. The van der Waals surface area contributed by atoms with Crippen molar-refractivity contribution in [1.82, 2.24) is 5.32 Å². The summed E-state index contributed by atoms with van der Waals surface area (Å²) in [5.74, 6) is -1.71. The smallest absolute Gasteiger partial charge is 0.303 e. The number of aliphatic hydroxyl groups excluding tert-OH is 12. The van der Waals surface area contributed by atoms with E-state index in [1.807, 2.05) is 0 Å². The Balaban J connectivity index is 1.55. The Hall–Kier alpha value is -1.90. The van der Waals surface area contributed by atoms with E-state index in [-0.39, 0.29) is 0 Å². The summed E-state index contributed by atoms with van der Waals surface area (Å²) < 4.78 is 57.8. The Kier molecular flexibility index (Phi) is 16.4. The number of carbonyl (C=O) groups excluding carboxylic acids is 2. The van der Waals surface area contributed by atoms with Crippen LogP contribution in [0.25, 0.3) is 0 Å². The summed E-state index contributed by atoms with van der Waals surface area (Å²) in [7, 11) is 0. The summed E-state index contributed by atoms with van der Waals surface area (Å²) in [6.45, 7) is 4.32. The molecular formula is C34H57NO24. The van der Waals surface area contributed by atoms with Crippen molar-refractivity contribution in [3.8, 4) is 0 Å². The minimum Gasteiger partial charge on any atom is -0.454 e. The van der Waals surface area contributed by atoms with Crippen LogP contribution < -0.4 is 5.32 Å². The Morgan fingerprint density at radius 3 is 1.53 bits per heavy atom. The molecule has 0 spiro atoms. The topological polar surface area (TPSA) is 381 Å². The molecule has 0 saturated carbocycles. The first-order chi connectivity index (χ1) is 27.7. The molecule has 342 valence electrons. The van der Waals surface area contributed by atoms with Crippen molar-refractivity contribution in [1.29, 1.82) is 0 Å². The average molecular weight is 864 g/mol. The summed E-state index contributed by atoms with van der Waals surface area (Å²) in [5.41, 5.74) is 0. The van der Waals surface area contributed by atoms with Crippen LogP contribution >= 0.6 is 0 Å². The maximum absolute atomic E-state index is 12.7. The van der Waals surface area contributed by atoms with E-state index in [0.29, 0.717) is 0 Å². The molecule has 5 fully saturated rings. The molecule has 13 N–H and O–H groups in total. The summed E-state index contributed by atoms with van der Waals surface area (Å²) in [5, 5.41) is 131. The van der Waals surface area contributed by atoms with Gasteiger partial charge >= 0.3 is 5.97 Å². The third-order valence-corrected chi connectivity index (χ3v) is 10.9. The van der Waals surface area contributed by atoms with E-state index in [0.717, 1.165) is 13.8 Å². The summed E-state index contributed by atoms with van der Waals surface area (Å²) in [6.07, 6.45) is -41.2. The van der Waals surface area contributed by atoms with Gasteiger partial charge in [-0.2, -0.15) is 0 Å². The number of aliphatic hydroxyl groups is 12. The normalized spacial score (nSPS) is 50.8. The number of esters is 1. The standard InChI is InChI=1S/C34H57NO24/c1-8-16(40)22(46)27(30(49)50-8)58-34-29(26(18(42)10(3)52-34)57-32-24(48)21(45)19(43)13(6-36)55-32)59-31-15(35-11(4)38)25(20(44)14(7-37)54-31)56-33-28(53-12(5)39)23(47)17(41)9(2)51-33/h8-10,13-34,36-37,40-49H,6-7H2,1-5H3,(H,35,38)/t8?,9?,10?,13-,14?,15-,16-,17-,18-,19+,20+,21?,22-,23-,24?,25?,26-,27?,28?,29?,30+,31-,32+,33-,34-/m0/s1. The zero-order chi connectivity index (χ0) is 43.8. The van der Waals surface area contributed by atoms with Crippen LogP contribution in [0.4, 0.5) is 0 Å². The SMILES string of the molecule is CC(=O)N[C@H]1C(O[C@@H]2OC(C)[C@H](O)[C@H](O)C2OC(C)=O)[C@H](O)C(CO)O[C@H]1OC1[C@H](OC2[C@H](O)OC(C)[C@H](O)[C@@H]2O)OC(C)[C@H](O)[C@@H]1O[C@H]1O[C@@H](CO)[C@@H](O)C(O)C1O. The molecule has 0 aromatic heterocycles. The molecule has 0 aromatic rings. The molecule has 25 atom stereocenters. The zero-order valence-corrected chi connectivity index (χ0v) is 32.6. The lowest BCUT2D eigenvalue weighted by Gasteiger charge is -2.51. The van der Waals surface area contributed by atoms with Crippen LogP contribution in [0.5, 0.6) is 0 Å². The van der Waals surface area contributed by atoms with E-state index < -0.39 is 179 Å². The predicted octanol–water partition coefficient (Wildman–Crippen LogP) is -8.13. The fourth-order valence-electron chi connectivity index (χ4n) is 7.52. The van der Waals surface area contributed by atoms with E-state index in [1.54, 1.807) is 0 Å². The number of rotatable bonds is 12. The van der Waals surface area contributed by atoms with E-state index in [4.69, 9.17) is 47.4 Å². The van der Waals surface area contributed by atoms with E-state index in [9.17, 15) is 70.9 Å². The van der Waals surface area contributed by atoms with Crippen LogP contribution in [0.1, 0.15) is 34.6 Å². The lowest BCUT2D eigenvalue weighted by molar-refractivity contribution is -0.403. The van der Waals surface area contributed by atoms with Crippen LogP contribution in [-0.4, -0.2) is 240 Å². The van der Waals surface area contributed by atoms with E-state index in [1.165, 1.54) is 20.8 Å². The lowest BCUT2D eigenvalue weighted by Crippen LogP contribution is -2.70. The van der Waals surface area contributed by atoms with Crippen molar-refractivity contribution in [3.05, 3.63) is 0 Å². The molecule has 5 aliphatic rings. The first kappa shape index (κ1) is 48.1. The molecule has 5 heterocycles. The van der Waals surface area contributed by atoms with Gasteiger partial charge in [0.05, 0.1) is 31.5 Å². The van der Waals surface area contributed by atoms with Gasteiger partial charge in [-0.25, -0.2) is 0 Å². The van der Waals surface area contributed by atoms with E-state index in [2.05, 4.69) is 5.32 Å². The Morgan fingerprint density at radius 1 is 0.475 bits per heavy atom. The number of amides is 1. The van der Waals surface area contributed by atoms with Gasteiger partial charge < -0.3 is 114 Å².